The molecule has 0 fully saturated rings. The summed E-state index contributed by atoms with van der Waals surface area (Å²) >= 11 is 9.74. The molecule has 2 aliphatic rings. The zero-order valence-corrected chi connectivity index (χ0v) is 12.5. The SMILES string of the molecule is O=C1NCC2=C(CCC(Br)=C2)N1c1ccccc1Cl. The van der Waals surface area contributed by atoms with Gasteiger partial charge in [-0.3, -0.25) is 4.90 Å². The van der Waals surface area contributed by atoms with Crippen molar-refractivity contribution in [3.63, 3.8) is 0 Å². The highest BCUT2D eigenvalue weighted by Crippen LogP contribution is 2.36. The third-order valence-electron chi connectivity index (χ3n) is 3.30. The minimum Gasteiger partial charge on any atom is -0.333 e. The fraction of sp³-hybridized carbons (Fsp3) is 0.214. The average Bonchev–Trinajstić information content (AvgIpc) is 2.40. The molecule has 0 spiro atoms. The molecule has 1 N–H and O–H groups in total. The second kappa shape index (κ2) is 5.02. The van der Waals surface area contributed by atoms with Crippen LogP contribution in [0.5, 0.6) is 0 Å². The first-order valence-corrected chi connectivity index (χ1v) is 7.24. The van der Waals surface area contributed by atoms with Gasteiger partial charge in [-0.1, -0.05) is 39.7 Å². The number of allylic oxidation sites excluding steroid dienone is 2. The molecule has 1 aromatic rings. The Morgan fingerprint density at radius 3 is 2.84 bits per heavy atom. The van der Waals surface area contributed by atoms with Crippen LogP contribution in [0.2, 0.25) is 5.02 Å². The predicted molar refractivity (Wildman–Crippen MR) is 80.6 cm³/mol. The van der Waals surface area contributed by atoms with E-state index in [2.05, 4.69) is 27.3 Å². The fourth-order valence-electron chi connectivity index (χ4n) is 2.41. The van der Waals surface area contributed by atoms with Gasteiger partial charge in [0, 0.05) is 12.2 Å². The quantitative estimate of drug-likeness (QED) is 0.817. The van der Waals surface area contributed by atoms with Crippen molar-refractivity contribution in [2.75, 3.05) is 11.4 Å². The van der Waals surface area contributed by atoms with E-state index in [0.717, 1.165) is 29.8 Å². The predicted octanol–water partition coefficient (Wildman–Crippen LogP) is 4.20. The van der Waals surface area contributed by atoms with Crippen LogP contribution >= 0.6 is 27.5 Å². The number of nitrogens with one attached hydrogen (secondary N) is 1. The Morgan fingerprint density at radius 2 is 2.05 bits per heavy atom. The molecule has 1 aliphatic carbocycles. The molecule has 2 amide bonds. The van der Waals surface area contributed by atoms with Gasteiger partial charge in [0.25, 0.3) is 0 Å². The van der Waals surface area contributed by atoms with Gasteiger partial charge >= 0.3 is 6.03 Å². The number of carbonyl (C=O) groups is 1. The van der Waals surface area contributed by atoms with Crippen molar-refractivity contribution < 1.29 is 4.79 Å². The molecule has 1 aromatic carbocycles. The van der Waals surface area contributed by atoms with Gasteiger partial charge in [0.15, 0.2) is 0 Å². The molecule has 3 nitrogen and oxygen atoms in total. The smallest absolute Gasteiger partial charge is 0.326 e. The van der Waals surface area contributed by atoms with Crippen LogP contribution in [0.15, 0.2) is 46.1 Å². The van der Waals surface area contributed by atoms with Gasteiger partial charge in [0.05, 0.1) is 10.7 Å². The number of carbonyl (C=O) groups excluding carboxylic acids is 1. The molecule has 1 heterocycles. The van der Waals surface area contributed by atoms with Crippen LogP contribution in [0, 0.1) is 0 Å². The number of anilines is 1. The van der Waals surface area contributed by atoms with E-state index >= 15 is 0 Å². The molecule has 0 radical (unpaired) electrons. The van der Waals surface area contributed by atoms with Crippen LogP contribution in [0.25, 0.3) is 0 Å². The summed E-state index contributed by atoms with van der Waals surface area (Å²) in [6.07, 6.45) is 3.83. The Morgan fingerprint density at radius 1 is 1.26 bits per heavy atom. The van der Waals surface area contributed by atoms with E-state index in [1.165, 1.54) is 4.48 Å². The minimum atomic E-state index is -0.113. The molecule has 5 heteroatoms. The lowest BCUT2D eigenvalue weighted by Gasteiger charge is -2.34. The summed E-state index contributed by atoms with van der Waals surface area (Å²) in [4.78, 5) is 13.9. The average molecular weight is 340 g/mol. The maximum atomic E-state index is 12.2. The van der Waals surface area contributed by atoms with E-state index < -0.39 is 0 Å². The Hall–Kier alpha value is -1.26. The Bertz CT molecular complexity index is 609. The van der Waals surface area contributed by atoms with Crippen LogP contribution in [0.1, 0.15) is 12.8 Å². The first-order valence-electron chi connectivity index (χ1n) is 6.07. The molecule has 3 rings (SSSR count). The van der Waals surface area contributed by atoms with Crippen LogP contribution in [0.3, 0.4) is 0 Å². The van der Waals surface area contributed by atoms with Crippen molar-refractivity contribution in [1.82, 2.24) is 5.32 Å². The van der Waals surface area contributed by atoms with Crippen LogP contribution in [-0.2, 0) is 0 Å². The lowest BCUT2D eigenvalue weighted by Crippen LogP contribution is -2.46. The van der Waals surface area contributed by atoms with E-state index in [4.69, 9.17) is 11.6 Å². The van der Waals surface area contributed by atoms with Crippen molar-refractivity contribution in [3.8, 4) is 0 Å². The number of amides is 2. The van der Waals surface area contributed by atoms with Gasteiger partial charge < -0.3 is 5.32 Å². The van der Waals surface area contributed by atoms with Crippen molar-refractivity contribution in [3.05, 3.63) is 51.1 Å². The first-order chi connectivity index (χ1) is 9.16. The molecule has 1 aliphatic heterocycles. The summed E-state index contributed by atoms with van der Waals surface area (Å²) in [5, 5.41) is 3.47. The largest absolute Gasteiger partial charge is 0.333 e. The van der Waals surface area contributed by atoms with Crippen LogP contribution in [-0.4, -0.2) is 12.6 Å². The molecule has 0 atom stereocenters. The Kier molecular flexibility index (Phi) is 3.37. The Labute approximate surface area is 125 Å². The molecule has 0 saturated carbocycles. The minimum absolute atomic E-state index is 0.113. The number of urea groups is 1. The molecule has 98 valence electrons. The maximum absolute atomic E-state index is 12.2. The summed E-state index contributed by atoms with van der Waals surface area (Å²) in [6.45, 7) is 0.574. The lowest BCUT2D eigenvalue weighted by molar-refractivity contribution is 0.247. The second-order valence-electron chi connectivity index (χ2n) is 4.51. The molecule has 0 aromatic heterocycles. The third kappa shape index (κ3) is 2.30. The summed E-state index contributed by atoms with van der Waals surface area (Å²) < 4.78 is 1.17. The van der Waals surface area contributed by atoms with Crippen LogP contribution in [0.4, 0.5) is 10.5 Å². The zero-order valence-electron chi connectivity index (χ0n) is 10.1. The normalized spacial score (nSPS) is 18.9. The number of para-hydroxylation sites is 1. The molecule has 0 saturated heterocycles. The first kappa shape index (κ1) is 12.8. The molecule has 0 bridgehead atoms. The summed E-state index contributed by atoms with van der Waals surface area (Å²) in [5.74, 6) is 0. The van der Waals surface area contributed by atoms with Gasteiger partial charge in [-0.2, -0.15) is 0 Å². The van der Waals surface area contributed by atoms with Gasteiger partial charge in [-0.15, -0.1) is 0 Å². The number of nitrogens with zero attached hydrogens (tertiary/aromatic N) is 1. The van der Waals surface area contributed by atoms with Gasteiger partial charge in [-0.05, 0) is 41.1 Å². The van der Waals surface area contributed by atoms with Gasteiger partial charge in [0.1, 0.15) is 0 Å². The van der Waals surface area contributed by atoms with Crippen LogP contribution < -0.4 is 10.2 Å². The number of halogens is 2. The van der Waals surface area contributed by atoms with Crippen molar-refractivity contribution in [2.45, 2.75) is 12.8 Å². The molecule has 0 unspecified atom stereocenters. The van der Waals surface area contributed by atoms with Gasteiger partial charge in [0.2, 0.25) is 0 Å². The van der Waals surface area contributed by atoms with E-state index in [1.54, 1.807) is 11.0 Å². The summed E-state index contributed by atoms with van der Waals surface area (Å²) in [5.41, 5.74) is 2.91. The van der Waals surface area contributed by atoms with Gasteiger partial charge in [-0.25, -0.2) is 4.79 Å². The lowest BCUT2D eigenvalue weighted by atomic mass is 10.00. The topological polar surface area (TPSA) is 32.3 Å². The summed E-state index contributed by atoms with van der Waals surface area (Å²) in [6, 6.07) is 7.30. The van der Waals surface area contributed by atoms with E-state index in [1.807, 2.05) is 18.2 Å². The second-order valence-corrected chi connectivity index (χ2v) is 5.93. The summed E-state index contributed by atoms with van der Waals surface area (Å²) in [7, 11) is 0. The standard InChI is InChI=1S/C14H12BrClN2O/c15-10-5-6-12-9(7-10)8-17-14(19)18(12)13-4-2-1-3-11(13)16/h1-4,7H,5-6,8H2,(H,17,19). The monoisotopic (exact) mass is 338 g/mol. The molecular formula is C14H12BrClN2O. The van der Waals surface area contributed by atoms with E-state index in [9.17, 15) is 4.79 Å². The van der Waals surface area contributed by atoms with E-state index in [-0.39, 0.29) is 6.03 Å². The Balaban J connectivity index is 2.11. The number of hydrogen-bond acceptors (Lipinski definition) is 1. The number of rotatable bonds is 1. The zero-order chi connectivity index (χ0) is 13.4. The van der Waals surface area contributed by atoms with Crippen molar-refractivity contribution >= 4 is 39.2 Å². The number of benzene rings is 1. The highest BCUT2D eigenvalue weighted by molar-refractivity contribution is 9.11. The maximum Gasteiger partial charge on any atom is 0.326 e. The fourth-order valence-corrected chi connectivity index (χ4v) is 3.11. The number of hydrogen-bond donors (Lipinski definition) is 1. The highest BCUT2D eigenvalue weighted by Gasteiger charge is 2.29. The molecule has 19 heavy (non-hydrogen) atoms. The van der Waals surface area contributed by atoms with Crippen molar-refractivity contribution in [2.24, 2.45) is 0 Å². The highest BCUT2D eigenvalue weighted by atomic mass is 79.9. The van der Waals surface area contributed by atoms with Crippen molar-refractivity contribution in [1.29, 1.82) is 0 Å². The third-order valence-corrected chi connectivity index (χ3v) is 4.24. The molecular weight excluding hydrogens is 328 g/mol. The van der Waals surface area contributed by atoms with E-state index in [0.29, 0.717) is 11.6 Å².